The highest BCUT2D eigenvalue weighted by atomic mass is 15.3. The molecule has 0 atom stereocenters. The van der Waals surface area contributed by atoms with E-state index >= 15 is 0 Å². The van der Waals surface area contributed by atoms with Crippen molar-refractivity contribution in [3.05, 3.63) is 17.5 Å². The Bertz CT molecular complexity index is 288. The van der Waals surface area contributed by atoms with Gasteiger partial charge in [-0.3, -0.25) is 4.68 Å². The van der Waals surface area contributed by atoms with Gasteiger partial charge in [0.1, 0.15) is 0 Å². The van der Waals surface area contributed by atoms with Crippen molar-refractivity contribution >= 4 is 0 Å². The molecule has 1 aromatic rings. The van der Waals surface area contributed by atoms with Gasteiger partial charge in [-0.1, -0.05) is 20.8 Å². The molecule has 1 aromatic heterocycles. The Morgan fingerprint density at radius 2 is 2.31 bits per heavy atom. The van der Waals surface area contributed by atoms with E-state index in [0.29, 0.717) is 0 Å². The van der Waals surface area contributed by atoms with Gasteiger partial charge in [-0.15, -0.1) is 0 Å². The van der Waals surface area contributed by atoms with Gasteiger partial charge >= 0.3 is 0 Å². The fraction of sp³-hybridized carbons (Fsp3) is 0.700. The number of rotatable bonds is 0. The Hall–Kier alpha value is -0.830. The topological polar surface area (TPSA) is 29.9 Å². The second-order valence-corrected chi connectivity index (χ2v) is 4.67. The van der Waals surface area contributed by atoms with Crippen LogP contribution >= 0.6 is 0 Å². The van der Waals surface area contributed by atoms with Crippen molar-refractivity contribution in [3.63, 3.8) is 0 Å². The summed E-state index contributed by atoms with van der Waals surface area (Å²) in [6.07, 6.45) is 0. The first-order valence-corrected chi connectivity index (χ1v) is 4.85. The smallest absolute Gasteiger partial charge is 0.0681 e. The molecule has 0 amide bonds. The lowest BCUT2D eigenvalue weighted by molar-refractivity contribution is 0.463. The summed E-state index contributed by atoms with van der Waals surface area (Å²) in [4.78, 5) is 0. The van der Waals surface area contributed by atoms with Crippen molar-refractivity contribution in [2.45, 2.75) is 39.3 Å². The second kappa shape index (κ2) is 2.84. The zero-order valence-corrected chi connectivity index (χ0v) is 8.59. The third-order valence-electron chi connectivity index (χ3n) is 2.44. The predicted molar refractivity (Wildman–Crippen MR) is 54.7 cm³/mol. The zero-order chi connectivity index (χ0) is 9.47. The van der Waals surface area contributed by atoms with Crippen LogP contribution in [0.5, 0.6) is 0 Å². The van der Waals surface area contributed by atoms with Crippen LogP contribution in [-0.2, 0) is 18.5 Å². The number of hydrogen-bond acceptors (Lipinski definition) is 2. The SMILES string of the molecule is CC(C)(C)c1cc2n(n1)CCNC2.[HH]. The van der Waals surface area contributed by atoms with Gasteiger partial charge in [0.15, 0.2) is 0 Å². The van der Waals surface area contributed by atoms with Crippen LogP contribution in [0.15, 0.2) is 6.07 Å². The van der Waals surface area contributed by atoms with Crippen LogP contribution in [0.2, 0.25) is 0 Å². The summed E-state index contributed by atoms with van der Waals surface area (Å²) in [7, 11) is 0. The maximum atomic E-state index is 4.60. The van der Waals surface area contributed by atoms with Crippen molar-refractivity contribution < 1.29 is 1.43 Å². The monoisotopic (exact) mass is 181 g/mol. The lowest BCUT2D eigenvalue weighted by Gasteiger charge is -2.15. The molecule has 0 saturated carbocycles. The Labute approximate surface area is 80.6 Å². The van der Waals surface area contributed by atoms with Crippen LogP contribution in [-0.4, -0.2) is 16.3 Å². The summed E-state index contributed by atoms with van der Waals surface area (Å²) in [5.74, 6) is 0. The Kier molecular flexibility index (Phi) is 1.91. The lowest BCUT2D eigenvalue weighted by atomic mass is 9.92. The average molecular weight is 181 g/mol. The van der Waals surface area contributed by atoms with E-state index < -0.39 is 0 Å². The molecule has 2 heterocycles. The fourth-order valence-corrected chi connectivity index (χ4v) is 1.56. The molecule has 3 heteroatoms. The van der Waals surface area contributed by atoms with Gasteiger partial charge < -0.3 is 5.32 Å². The van der Waals surface area contributed by atoms with Gasteiger partial charge in [-0.05, 0) is 6.07 Å². The molecule has 0 aromatic carbocycles. The van der Waals surface area contributed by atoms with Crippen LogP contribution in [0.4, 0.5) is 0 Å². The normalized spacial score (nSPS) is 17.2. The predicted octanol–water partition coefficient (Wildman–Crippen LogP) is 1.53. The number of fused-ring (bicyclic) bond motifs is 1. The molecule has 0 bridgehead atoms. The third kappa shape index (κ3) is 1.61. The Balaban J connectivity index is 0.000000980. The van der Waals surface area contributed by atoms with Crippen LogP contribution in [0.25, 0.3) is 0 Å². The van der Waals surface area contributed by atoms with Crippen LogP contribution in [0.1, 0.15) is 33.6 Å². The molecule has 3 nitrogen and oxygen atoms in total. The summed E-state index contributed by atoms with van der Waals surface area (Å²) < 4.78 is 2.12. The molecule has 0 radical (unpaired) electrons. The quantitative estimate of drug-likeness (QED) is 0.658. The number of nitrogens with one attached hydrogen (secondary N) is 1. The molecule has 0 unspecified atom stereocenters. The minimum Gasteiger partial charge on any atom is -0.309 e. The van der Waals surface area contributed by atoms with E-state index in [-0.39, 0.29) is 6.84 Å². The van der Waals surface area contributed by atoms with Gasteiger partial charge in [0, 0.05) is 19.9 Å². The molecule has 1 aliphatic heterocycles. The molecule has 13 heavy (non-hydrogen) atoms. The maximum Gasteiger partial charge on any atom is 0.0681 e. The van der Waals surface area contributed by atoms with Gasteiger partial charge in [0.25, 0.3) is 0 Å². The molecular weight excluding hydrogens is 162 g/mol. The van der Waals surface area contributed by atoms with E-state index in [1.165, 1.54) is 11.4 Å². The standard InChI is InChI=1S/C10H17N3.H2/c1-10(2,3)9-6-8-7-11-4-5-13(8)12-9;/h6,11H,4-5,7H2,1-3H3;1H. The zero-order valence-electron chi connectivity index (χ0n) is 8.59. The molecule has 2 rings (SSSR count). The average Bonchev–Trinajstić information content (AvgIpc) is 2.45. The van der Waals surface area contributed by atoms with Crippen LogP contribution < -0.4 is 5.32 Å². The third-order valence-corrected chi connectivity index (χ3v) is 2.44. The summed E-state index contributed by atoms with van der Waals surface area (Å²) in [6.45, 7) is 9.62. The summed E-state index contributed by atoms with van der Waals surface area (Å²) in [5, 5.41) is 7.94. The van der Waals surface area contributed by atoms with E-state index in [9.17, 15) is 0 Å². The molecule has 0 fully saturated rings. The fourth-order valence-electron chi connectivity index (χ4n) is 1.56. The Morgan fingerprint density at radius 3 is 2.92 bits per heavy atom. The highest BCUT2D eigenvalue weighted by Gasteiger charge is 2.20. The van der Waals surface area contributed by atoms with Gasteiger partial charge in [-0.25, -0.2) is 0 Å². The summed E-state index contributed by atoms with van der Waals surface area (Å²) in [5.41, 5.74) is 2.69. The first kappa shape index (κ1) is 8.75. The highest BCUT2D eigenvalue weighted by molar-refractivity contribution is 5.18. The van der Waals surface area contributed by atoms with E-state index in [4.69, 9.17) is 0 Å². The van der Waals surface area contributed by atoms with E-state index in [1.807, 2.05) is 0 Å². The van der Waals surface area contributed by atoms with E-state index in [2.05, 4.69) is 41.9 Å². The van der Waals surface area contributed by atoms with Crippen LogP contribution in [0, 0.1) is 0 Å². The number of aromatic nitrogens is 2. The number of hydrogen-bond donors (Lipinski definition) is 1. The molecule has 0 saturated heterocycles. The molecular formula is C10H19N3. The largest absolute Gasteiger partial charge is 0.309 e. The summed E-state index contributed by atoms with van der Waals surface area (Å²) >= 11 is 0. The molecule has 0 spiro atoms. The molecule has 0 aliphatic carbocycles. The second-order valence-electron chi connectivity index (χ2n) is 4.67. The van der Waals surface area contributed by atoms with Crippen molar-refractivity contribution in [3.8, 4) is 0 Å². The van der Waals surface area contributed by atoms with Crippen LogP contribution in [0.3, 0.4) is 0 Å². The first-order valence-electron chi connectivity index (χ1n) is 4.85. The minimum absolute atomic E-state index is 0. The van der Waals surface area contributed by atoms with Crippen molar-refractivity contribution in [1.82, 2.24) is 15.1 Å². The van der Waals surface area contributed by atoms with Crippen molar-refractivity contribution in [2.24, 2.45) is 0 Å². The summed E-state index contributed by atoms with van der Waals surface area (Å²) in [6, 6.07) is 2.21. The number of nitrogens with zero attached hydrogens (tertiary/aromatic N) is 2. The molecule has 1 N–H and O–H groups in total. The Morgan fingerprint density at radius 1 is 1.54 bits per heavy atom. The first-order chi connectivity index (χ1) is 6.07. The van der Waals surface area contributed by atoms with E-state index in [1.54, 1.807) is 0 Å². The molecule has 74 valence electrons. The van der Waals surface area contributed by atoms with Crippen molar-refractivity contribution in [2.75, 3.05) is 6.54 Å². The van der Waals surface area contributed by atoms with Gasteiger partial charge in [0.05, 0.1) is 17.9 Å². The van der Waals surface area contributed by atoms with Crippen molar-refractivity contribution in [1.29, 1.82) is 0 Å². The highest BCUT2D eigenvalue weighted by Crippen LogP contribution is 2.22. The van der Waals surface area contributed by atoms with Gasteiger partial charge in [-0.2, -0.15) is 5.10 Å². The van der Waals surface area contributed by atoms with Gasteiger partial charge in [0.2, 0.25) is 0 Å². The van der Waals surface area contributed by atoms with E-state index in [0.717, 1.165) is 19.6 Å². The minimum atomic E-state index is 0. The molecule has 1 aliphatic rings. The lowest BCUT2D eigenvalue weighted by Crippen LogP contribution is -2.28. The maximum absolute atomic E-state index is 4.60.